The number of rotatable bonds is 4. The average molecular weight is 424 g/mol. The Morgan fingerprint density at radius 1 is 1.06 bits per heavy atom. The number of nitrogens with zero attached hydrogens (tertiary/aromatic N) is 1. The van der Waals surface area contributed by atoms with E-state index >= 15 is 0 Å². The standard InChI is InChI=1S/C28H41NO2/c1-17-12-20(16-29-15-17)31-18(2)22-6-7-23-21-13-25(30-5)28-14-19(28)8-11-27(28,4)24(21)9-10-26(22,23)3/h12,15-16,18-19,21-25H,6-11,13-14H2,1-5H3/t18-,19+,21-,22+,23-,24-,25?,26+,27+,28?/m0/s1. The van der Waals surface area contributed by atoms with Crippen LogP contribution in [-0.2, 0) is 4.74 Å². The number of aromatic nitrogens is 1. The third kappa shape index (κ3) is 2.59. The van der Waals surface area contributed by atoms with Crippen LogP contribution in [-0.4, -0.2) is 24.3 Å². The Morgan fingerprint density at radius 3 is 2.65 bits per heavy atom. The number of methoxy groups -OCH3 is 1. The highest BCUT2D eigenvalue weighted by Crippen LogP contribution is 2.82. The Balaban J connectivity index is 1.26. The monoisotopic (exact) mass is 423 g/mol. The van der Waals surface area contributed by atoms with Crippen molar-refractivity contribution >= 4 is 0 Å². The number of pyridine rings is 1. The van der Waals surface area contributed by atoms with Crippen LogP contribution in [0.4, 0.5) is 0 Å². The van der Waals surface area contributed by atoms with Crippen LogP contribution < -0.4 is 4.74 Å². The van der Waals surface area contributed by atoms with Gasteiger partial charge in [0, 0.05) is 24.6 Å². The van der Waals surface area contributed by atoms with E-state index in [9.17, 15) is 0 Å². The summed E-state index contributed by atoms with van der Waals surface area (Å²) in [5.41, 5.74) is 2.63. The second-order valence-electron chi connectivity index (χ2n) is 12.5. The summed E-state index contributed by atoms with van der Waals surface area (Å²) in [6.07, 6.45) is 15.7. The Bertz CT molecular complexity index is 870. The highest BCUT2D eigenvalue weighted by atomic mass is 16.5. The molecule has 0 bridgehead atoms. The first-order valence-corrected chi connectivity index (χ1v) is 12.9. The molecule has 31 heavy (non-hydrogen) atoms. The van der Waals surface area contributed by atoms with Crippen molar-refractivity contribution in [2.75, 3.05) is 7.11 Å². The number of hydrogen-bond acceptors (Lipinski definition) is 3. The number of fused-ring (bicyclic) bond motifs is 4. The SMILES string of the molecule is COC1C[C@H]2[C@@H]3CC[C@H]([C@H](C)Oc4cncc(C)c4)[C@@]3(C)CC[C@@H]2[C@@]2(C)CC[C@@H]3CC132. The van der Waals surface area contributed by atoms with Gasteiger partial charge in [0.1, 0.15) is 5.75 Å². The number of hydrogen-bond donors (Lipinski definition) is 0. The Morgan fingerprint density at radius 2 is 1.90 bits per heavy atom. The van der Waals surface area contributed by atoms with E-state index in [1.807, 2.05) is 19.5 Å². The summed E-state index contributed by atoms with van der Waals surface area (Å²) >= 11 is 0. The maximum atomic E-state index is 6.50. The molecule has 170 valence electrons. The van der Waals surface area contributed by atoms with Crippen molar-refractivity contribution in [2.45, 2.75) is 91.3 Å². The quantitative estimate of drug-likeness (QED) is 0.558. The second-order valence-corrected chi connectivity index (χ2v) is 12.5. The third-order valence-electron chi connectivity index (χ3n) is 11.6. The van der Waals surface area contributed by atoms with Gasteiger partial charge in [-0.05, 0) is 111 Å². The van der Waals surface area contributed by atoms with Crippen LogP contribution in [0.25, 0.3) is 0 Å². The molecule has 0 N–H and O–H groups in total. The van der Waals surface area contributed by atoms with Crippen molar-refractivity contribution in [1.29, 1.82) is 0 Å². The lowest BCUT2D eigenvalue weighted by atomic mass is 9.45. The zero-order valence-electron chi connectivity index (χ0n) is 20.2. The lowest BCUT2D eigenvalue weighted by Gasteiger charge is -2.61. The molecular weight excluding hydrogens is 382 g/mol. The van der Waals surface area contributed by atoms with Crippen LogP contribution in [0.3, 0.4) is 0 Å². The van der Waals surface area contributed by atoms with Gasteiger partial charge in [0.2, 0.25) is 0 Å². The first kappa shape index (κ1) is 20.5. The molecule has 0 aromatic carbocycles. The molecule has 2 unspecified atom stereocenters. The van der Waals surface area contributed by atoms with Crippen LogP contribution in [0.1, 0.15) is 77.7 Å². The molecule has 10 atom stereocenters. The maximum absolute atomic E-state index is 6.50. The molecular formula is C28H41NO2. The fourth-order valence-corrected chi connectivity index (χ4v) is 10.3. The van der Waals surface area contributed by atoms with Crippen molar-refractivity contribution in [2.24, 2.45) is 45.8 Å². The van der Waals surface area contributed by atoms with Crippen LogP contribution >= 0.6 is 0 Å². The summed E-state index contributed by atoms with van der Waals surface area (Å²) in [5, 5.41) is 0. The van der Waals surface area contributed by atoms with Crippen molar-refractivity contribution in [3.63, 3.8) is 0 Å². The van der Waals surface area contributed by atoms with E-state index in [4.69, 9.17) is 9.47 Å². The fourth-order valence-electron chi connectivity index (χ4n) is 10.3. The molecule has 6 rings (SSSR count). The lowest BCUT2D eigenvalue weighted by molar-refractivity contribution is -0.162. The summed E-state index contributed by atoms with van der Waals surface area (Å²) in [5.74, 6) is 5.13. The zero-order chi connectivity index (χ0) is 21.6. The molecule has 1 spiro atoms. The zero-order valence-corrected chi connectivity index (χ0v) is 20.2. The van der Waals surface area contributed by atoms with Gasteiger partial charge in [-0.15, -0.1) is 0 Å². The van der Waals surface area contributed by atoms with Crippen LogP contribution in [0.15, 0.2) is 18.5 Å². The molecule has 1 heterocycles. The van der Waals surface area contributed by atoms with E-state index in [2.05, 4.69) is 38.7 Å². The Hall–Kier alpha value is -1.09. The number of aryl methyl sites for hydroxylation is 1. The van der Waals surface area contributed by atoms with Crippen LogP contribution in [0.5, 0.6) is 5.75 Å². The molecule has 0 radical (unpaired) electrons. The van der Waals surface area contributed by atoms with Gasteiger partial charge in [0.15, 0.2) is 0 Å². The largest absolute Gasteiger partial charge is 0.489 e. The smallest absolute Gasteiger partial charge is 0.138 e. The summed E-state index contributed by atoms with van der Waals surface area (Å²) in [4.78, 5) is 4.34. The Labute approximate surface area is 188 Å². The summed E-state index contributed by atoms with van der Waals surface area (Å²) in [7, 11) is 2.00. The van der Waals surface area contributed by atoms with Gasteiger partial charge in [0.25, 0.3) is 0 Å². The van der Waals surface area contributed by atoms with Gasteiger partial charge in [-0.2, -0.15) is 0 Å². The normalized spacial score (nSPS) is 50.7. The predicted octanol–water partition coefficient (Wildman–Crippen LogP) is 6.44. The predicted molar refractivity (Wildman–Crippen MR) is 123 cm³/mol. The molecule has 5 saturated carbocycles. The van der Waals surface area contributed by atoms with Crippen LogP contribution in [0.2, 0.25) is 0 Å². The van der Waals surface area contributed by atoms with Gasteiger partial charge in [0.05, 0.1) is 18.4 Å². The molecule has 1 aromatic rings. The average Bonchev–Trinajstić information content (AvgIpc) is 3.24. The van der Waals surface area contributed by atoms with Gasteiger partial charge < -0.3 is 9.47 Å². The molecule has 3 nitrogen and oxygen atoms in total. The van der Waals surface area contributed by atoms with Crippen molar-refractivity contribution < 1.29 is 9.47 Å². The van der Waals surface area contributed by atoms with E-state index in [0.717, 1.165) is 29.4 Å². The topological polar surface area (TPSA) is 31.4 Å². The molecule has 0 aliphatic heterocycles. The van der Waals surface area contributed by atoms with E-state index in [-0.39, 0.29) is 6.10 Å². The maximum Gasteiger partial charge on any atom is 0.138 e. The fraction of sp³-hybridized carbons (Fsp3) is 0.821. The lowest BCUT2D eigenvalue weighted by Crippen LogP contribution is -2.57. The van der Waals surface area contributed by atoms with Crippen LogP contribution in [0, 0.1) is 52.8 Å². The first-order chi connectivity index (χ1) is 14.8. The second kappa shape index (κ2) is 6.72. The van der Waals surface area contributed by atoms with Crippen molar-refractivity contribution in [3.8, 4) is 5.75 Å². The Kier molecular flexibility index (Phi) is 4.44. The van der Waals surface area contributed by atoms with Crippen molar-refractivity contribution in [1.82, 2.24) is 4.98 Å². The summed E-state index contributed by atoms with van der Waals surface area (Å²) < 4.78 is 12.8. The van der Waals surface area contributed by atoms with Gasteiger partial charge >= 0.3 is 0 Å². The molecule has 3 heteroatoms. The molecule has 5 aliphatic rings. The van der Waals surface area contributed by atoms with Gasteiger partial charge in [-0.3, -0.25) is 4.98 Å². The molecule has 0 saturated heterocycles. The van der Waals surface area contributed by atoms with Gasteiger partial charge in [-0.25, -0.2) is 0 Å². The summed E-state index contributed by atoms with van der Waals surface area (Å²) in [6, 6.07) is 2.13. The summed E-state index contributed by atoms with van der Waals surface area (Å²) in [6.45, 7) is 9.69. The highest BCUT2D eigenvalue weighted by Gasteiger charge is 2.77. The minimum absolute atomic E-state index is 0.248. The van der Waals surface area contributed by atoms with E-state index in [1.165, 1.54) is 56.9 Å². The molecule has 5 aliphatic carbocycles. The molecule has 1 aromatic heterocycles. The van der Waals surface area contributed by atoms with E-state index in [1.54, 1.807) is 0 Å². The molecule has 0 amide bonds. The third-order valence-corrected chi connectivity index (χ3v) is 11.6. The number of ether oxygens (including phenoxy) is 2. The minimum atomic E-state index is 0.248. The van der Waals surface area contributed by atoms with E-state index in [0.29, 0.717) is 28.3 Å². The van der Waals surface area contributed by atoms with Gasteiger partial charge in [-0.1, -0.05) is 13.8 Å². The first-order valence-electron chi connectivity index (χ1n) is 12.9. The minimum Gasteiger partial charge on any atom is -0.489 e. The highest BCUT2D eigenvalue weighted by molar-refractivity contribution is 5.26. The van der Waals surface area contributed by atoms with E-state index < -0.39 is 0 Å². The molecule has 5 fully saturated rings. The van der Waals surface area contributed by atoms with Crippen molar-refractivity contribution in [3.05, 3.63) is 24.0 Å².